The van der Waals surface area contributed by atoms with E-state index in [0.29, 0.717) is 9.92 Å². The summed E-state index contributed by atoms with van der Waals surface area (Å²) >= 11 is 1.06. The highest BCUT2D eigenvalue weighted by atomic mass is 32.2. The molecule has 0 fully saturated rings. The molecule has 2 rings (SSSR count). The zero-order chi connectivity index (χ0) is 13.0. The van der Waals surface area contributed by atoms with Crippen LogP contribution < -0.4 is 0 Å². The van der Waals surface area contributed by atoms with Crippen LogP contribution in [0, 0.1) is 21.4 Å². The number of benzene rings is 1. The van der Waals surface area contributed by atoms with E-state index >= 15 is 0 Å². The Morgan fingerprint density at radius 3 is 2.72 bits per heavy atom. The summed E-state index contributed by atoms with van der Waals surface area (Å²) < 4.78 is 0. The Balaban J connectivity index is 2.41. The van der Waals surface area contributed by atoms with Crippen LogP contribution in [0.5, 0.6) is 0 Å². The van der Waals surface area contributed by atoms with Gasteiger partial charge >= 0.3 is 0 Å². The molecule has 6 nitrogen and oxygen atoms in total. The normalized spacial score (nSPS) is 9.72. The lowest BCUT2D eigenvalue weighted by atomic mass is 10.3. The molecule has 0 aliphatic carbocycles. The number of hydrogen-bond donors (Lipinski definition) is 0. The molecule has 1 heterocycles. The summed E-state index contributed by atoms with van der Waals surface area (Å²) in [6, 6.07) is 8.20. The molecule has 0 bridgehead atoms. The molecule has 0 N–H and O–H groups in total. The first kappa shape index (κ1) is 12.0. The Morgan fingerprint density at radius 2 is 2.00 bits per heavy atom. The van der Waals surface area contributed by atoms with Crippen LogP contribution in [0.25, 0.3) is 0 Å². The highest BCUT2D eigenvalue weighted by Gasteiger charge is 2.16. The van der Waals surface area contributed by atoms with E-state index in [1.54, 1.807) is 18.2 Å². The van der Waals surface area contributed by atoms with Gasteiger partial charge in [0.1, 0.15) is 11.1 Å². The average molecular weight is 258 g/mol. The molecule has 2 aromatic rings. The maximum absolute atomic E-state index is 10.9. The fraction of sp³-hybridized carbons (Fsp3) is 0. The maximum atomic E-state index is 10.9. The molecule has 0 amide bonds. The van der Waals surface area contributed by atoms with Gasteiger partial charge in [0.25, 0.3) is 5.69 Å². The van der Waals surface area contributed by atoms with Crippen LogP contribution in [0.4, 0.5) is 5.69 Å². The number of hydrogen-bond acceptors (Lipinski definition) is 6. The minimum Gasteiger partial charge on any atom is -0.258 e. The Bertz CT molecular complexity index is 639. The zero-order valence-corrected chi connectivity index (χ0v) is 9.79. The molecule has 0 saturated carbocycles. The third-order valence-corrected chi connectivity index (χ3v) is 3.10. The van der Waals surface area contributed by atoms with Crippen molar-refractivity contribution in [3.05, 3.63) is 52.5 Å². The number of nitrogens with zero attached hydrogens (tertiary/aromatic N) is 4. The minimum absolute atomic E-state index is 0.0166. The second-order valence-corrected chi connectivity index (χ2v) is 4.18. The molecular formula is C11H6N4O2S. The van der Waals surface area contributed by atoms with Crippen LogP contribution in [0.15, 0.2) is 46.6 Å². The van der Waals surface area contributed by atoms with Gasteiger partial charge in [0.15, 0.2) is 5.69 Å². The second-order valence-electron chi connectivity index (χ2n) is 3.15. The molecule has 7 heteroatoms. The summed E-state index contributed by atoms with van der Waals surface area (Å²) in [7, 11) is 0. The van der Waals surface area contributed by atoms with E-state index in [-0.39, 0.29) is 11.4 Å². The van der Waals surface area contributed by atoms with Crippen LogP contribution in [0.2, 0.25) is 0 Å². The molecule has 88 valence electrons. The molecule has 0 saturated heterocycles. The van der Waals surface area contributed by atoms with Crippen LogP contribution in [0.1, 0.15) is 5.69 Å². The maximum Gasteiger partial charge on any atom is 0.283 e. The van der Waals surface area contributed by atoms with Gasteiger partial charge in [-0.1, -0.05) is 23.9 Å². The lowest BCUT2D eigenvalue weighted by Crippen LogP contribution is -1.93. The number of nitriles is 1. The van der Waals surface area contributed by atoms with E-state index in [9.17, 15) is 10.1 Å². The lowest BCUT2D eigenvalue weighted by molar-refractivity contribution is -0.387. The summed E-state index contributed by atoms with van der Waals surface area (Å²) in [5.41, 5.74) is 0.137. The van der Waals surface area contributed by atoms with Gasteiger partial charge in [-0.25, -0.2) is 9.97 Å². The predicted molar refractivity (Wildman–Crippen MR) is 64.0 cm³/mol. The number of rotatable bonds is 3. The van der Waals surface area contributed by atoms with Crippen molar-refractivity contribution in [1.82, 2.24) is 9.97 Å². The van der Waals surface area contributed by atoms with Gasteiger partial charge < -0.3 is 0 Å². The third kappa shape index (κ3) is 2.44. The standard InChI is InChI=1S/C11H6N4O2S/c12-7-8-11(14-6-5-13-8)18-10-4-2-1-3-9(10)15(16)17/h1-6H. The number of para-hydroxylation sites is 1. The highest BCUT2D eigenvalue weighted by molar-refractivity contribution is 7.99. The van der Waals surface area contributed by atoms with Crippen molar-refractivity contribution in [3.63, 3.8) is 0 Å². The van der Waals surface area contributed by atoms with Crippen LogP contribution in [-0.2, 0) is 0 Å². The quantitative estimate of drug-likeness (QED) is 0.620. The van der Waals surface area contributed by atoms with E-state index in [4.69, 9.17) is 5.26 Å². The van der Waals surface area contributed by atoms with E-state index in [0.717, 1.165) is 11.8 Å². The van der Waals surface area contributed by atoms with Crippen molar-refractivity contribution in [2.45, 2.75) is 9.92 Å². The molecule has 0 spiro atoms. The van der Waals surface area contributed by atoms with Crippen molar-refractivity contribution in [2.24, 2.45) is 0 Å². The summed E-state index contributed by atoms with van der Waals surface area (Å²) in [4.78, 5) is 18.7. The van der Waals surface area contributed by atoms with E-state index in [1.807, 2.05) is 6.07 Å². The predicted octanol–water partition coefficient (Wildman–Crippen LogP) is 2.41. The van der Waals surface area contributed by atoms with Crippen molar-refractivity contribution in [3.8, 4) is 6.07 Å². The van der Waals surface area contributed by atoms with Gasteiger partial charge in [0, 0.05) is 18.5 Å². The van der Waals surface area contributed by atoms with Gasteiger partial charge in [-0.05, 0) is 6.07 Å². The lowest BCUT2D eigenvalue weighted by Gasteiger charge is -2.02. The number of aromatic nitrogens is 2. The molecule has 0 unspecified atom stereocenters. The molecule has 0 radical (unpaired) electrons. The van der Waals surface area contributed by atoms with Gasteiger partial charge in [-0.15, -0.1) is 0 Å². The molecule has 1 aromatic heterocycles. The molecule has 0 aliphatic rings. The fourth-order valence-electron chi connectivity index (χ4n) is 1.28. The number of nitro groups is 1. The first-order valence-corrected chi connectivity index (χ1v) is 5.66. The Hall–Kier alpha value is -2.46. The zero-order valence-electron chi connectivity index (χ0n) is 8.98. The Morgan fingerprint density at radius 1 is 1.28 bits per heavy atom. The summed E-state index contributed by atoms with van der Waals surface area (Å²) in [5, 5.41) is 20.1. The van der Waals surface area contributed by atoms with Gasteiger partial charge in [0.05, 0.1) is 9.82 Å². The first-order valence-electron chi connectivity index (χ1n) is 4.84. The van der Waals surface area contributed by atoms with Crippen LogP contribution in [0.3, 0.4) is 0 Å². The fourth-order valence-corrected chi connectivity index (χ4v) is 2.19. The highest BCUT2D eigenvalue weighted by Crippen LogP contribution is 2.34. The van der Waals surface area contributed by atoms with Crippen molar-refractivity contribution in [2.75, 3.05) is 0 Å². The first-order chi connectivity index (χ1) is 8.72. The molecule has 0 atom stereocenters. The van der Waals surface area contributed by atoms with E-state index < -0.39 is 4.92 Å². The van der Waals surface area contributed by atoms with Crippen LogP contribution in [-0.4, -0.2) is 14.9 Å². The van der Waals surface area contributed by atoms with Gasteiger partial charge in [-0.3, -0.25) is 10.1 Å². The number of nitro benzene ring substituents is 1. The van der Waals surface area contributed by atoms with Crippen molar-refractivity contribution >= 4 is 17.4 Å². The molecule has 1 aromatic carbocycles. The third-order valence-electron chi connectivity index (χ3n) is 2.04. The average Bonchev–Trinajstić information content (AvgIpc) is 2.40. The van der Waals surface area contributed by atoms with Crippen molar-refractivity contribution < 1.29 is 4.92 Å². The minimum atomic E-state index is -0.468. The monoisotopic (exact) mass is 258 g/mol. The Kier molecular flexibility index (Phi) is 3.50. The molecular weight excluding hydrogens is 252 g/mol. The molecule has 0 aliphatic heterocycles. The largest absolute Gasteiger partial charge is 0.283 e. The second kappa shape index (κ2) is 5.25. The Labute approximate surface area is 106 Å². The van der Waals surface area contributed by atoms with E-state index in [1.165, 1.54) is 18.5 Å². The SMILES string of the molecule is N#Cc1nccnc1Sc1ccccc1[N+](=O)[O-]. The summed E-state index contributed by atoms with van der Waals surface area (Å²) in [6.07, 6.45) is 2.85. The smallest absolute Gasteiger partial charge is 0.258 e. The summed E-state index contributed by atoms with van der Waals surface area (Å²) in [6.45, 7) is 0. The van der Waals surface area contributed by atoms with E-state index in [2.05, 4.69) is 9.97 Å². The van der Waals surface area contributed by atoms with Crippen molar-refractivity contribution in [1.29, 1.82) is 5.26 Å². The van der Waals surface area contributed by atoms with Crippen LogP contribution >= 0.6 is 11.8 Å². The molecule has 18 heavy (non-hydrogen) atoms. The topological polar surface area (TPSA) is 92.7 Å². The summed E-state index contributed by atoms with van der Waals surface area (Å²) in [5.74, 6) is 0. The van der Waals surface area contributed by atoms with Gasteiger partial charge in [0.2, 0.25) is 0 Å². The van der Waals surface area contributed by atoms with Gasteiger partial charge in [-0.2, -0.15) is 5.26 Å².